The quantitative estimate of drug-likeness (QED) is 0.726. The Morgan fingerprint density at radius 3 is 2.74 bits per heavy atom. The average molecular weight is 421 g/mol. The molecule has 1 aromatic heterocycles. The zero-order chi connectivity index (χ0) is 21.2. The molecular weight excluding hydrogens is 388 g/mol. The lowest BCUT2D eigenvalue weighted by molar-refractivity contribution is -0.137. The zero-order valence-electron chi connectivity index (χ0n) is 18.4. The first kappa shape index (κ1) is 20.5. The van der Waals surface area contributed by atoms with E-state index >= 15 is 0 Å². The molecule has 1 atom stereocenters. The molecule has 5 rings (SSSR count). The van der Waals surface area contributed by atoms with Gasteiger partial charge in [-0.15, -0.1) is 0 Å². The number of fused-ring (bicyclic) bond motifs is 3. The summed E-state index contributed by atoms with van der Waals surface area (Å²) in [5, 5.41) is 0. The number of ether oxygens (including phenoxy) is 2. The van der Waals surface area contributed by atoms with Gasteiger partial charge in [0.2, 0.25) is 5.91 Å². The number of rotatable bonds is 4. The maximum Gasteiger partial charge on any atom is 0.225 e. The normalized spacial score (nSPS) is 21.3. The first-order valence-electron chi connectivity index (χ1n) is 11.8. The molecule has 0 spiro atoms. The van der Waals surface area contributed by atoms with Crippen molar-refractivity contribution in [3.05, 3.63) is 58.4 Å². The van der Waals surface area contributed by atoms with Crippen LogP contribution >= 0.6 is 0 Å². The second-order valence-electron chi connectivity index (χ2n) is 9.21. The minimum Gasteiger partial charge on any atom is -0.487 e. The van der Waals surface area contributed by atoms with Gasteiger partial charge >= 0.3 is 0 Å². The Hall–Kier alpha value is -2.40. The highest BCUT2D eigenvalue weighted by atomic mass is 16.5. The van der Waals surface area contributed by atoms with Crippen molar-refractivity contribution in [2.45, 2.75) is 77.7 Å². The van der Waals surface area contributed by atoms with Gasteiger partial charge in [-0.1, -0.05) is 37.5 Å². The summed E-state index contributed by atoms with van der Waals surface area (Å²) >= 11 is 0. The molecule has 1 amide bonds. The van der Waals surface area contributed by atoms with E-state index in [9.17, 15) is 4.79 Å². The van der Waals surface area contributed by atoms with Crippen LogP contribution in [-0.2, 0) is 42.1 Å². The molecule has 5 nitrogen and oxygen atoms in total. The second kappa shape index (κ2) is 8.99. The van der Waals surface area contributed by atoms with Gasteiger partial charge in [0.05, 0.1) is 18.4 Å². The van der Waals surface area contributed by atoms with Crippen molar-refractivity contribution in [3.63, 3.8) is 0 Å². The summed E-state index contributed by atoms with van der Waals surface area (Å²) in [5.41, 5.74) is 5.88. The molecule has 0 N–H and O–H groups in total. The standard InChI is InChI=1S/C26H32N2O3/c1-18-14-21-23(16-30-18)22-15-28(26(29)19-8-4-2-5-9-19)13-12-24(22)27-25(21)17-31-20-10-6-3-7-11-20/h3,6-7,10-11,18-19H,2,4-5,8-9,12-17H2,1H3/t18-/m0/s1. The number of hydrogen-bond donors (Lipinski definition) is 0. The van der Waals surface area contributed by atoms with Crippen molar-refractivity contribution in [1.29, 1.82) is 0 Å². The third-order valence-electron chi connectivity index (χ3n) is 7.05. The van der Waals surface area contributed by atoms with E-state index in [1.54, 1.807) is 0 Å². The minimum atomic E-state index is 0.173. The van der Waals surface area contributed by atoms with E-state index in [0.717, 1.165) is 49.4 Å². The van der Waals surface area contributed by atoms with Gasteiger partial charge in [0.25, 0.3) is 0 Å². The average Bonchev–Trinajstić information content (AvgIpc) is 2.83. The lowest BCUT2D eigenvalue weighted by Crippen LogP contribution is -2.41. The lowest BCUT2D eigenvalue weighted by Gasteiger charge is -2.36. The fourth-order valence-electron chi connectivity index (χ4n) is 5.30. The van der Waals surface area contributed by atoms with Crippen LogP contribution in [0, 0.1) is 5.92 Å². The molecule has 1 aliphatic carbocycles. The molecule has 1 saturated carbocycles. The van der Waals surface area contributed by atoms with Crippen molar-refractivity contribution in [2.75, 3.05) is 6.54 Å². The predicted octanol–water partition coefficient (Wildman–Crippen LogP) is 4.59. The zero-order valence-corrected chi connectivity index (χ0v) is 18.4. The van der Waals surface area contributed by atoms with Crippen molar-refractivity contribution in [2.24, 2.45) is 5.92 Å². The highest BCUT2D eigenvalue weighted by molar-refractivity contribution is 5.79. The van der Waals surface area contributed by atoms with Crippen LogP contribution in [0.5, 0.6) is 5.75 Å². The van der Waals surface area contributed by atoms with E-state index in [1.165, 1.54) is 36.0 Å². The Morgan fingerprint density at radius 2 is 1.94 bits per heavy atom. The number of amides is 1. The van der Waals surface area contributed by atoms with Gasteiger partial charge < -0.3 is 14.4 Å². The molecule has 31 heavy (non-hydrogen) atoms. The van der Waals surface area contributed by atoms with Gasteiger partial charge in [-0.3, -0.25) is 9.78 Å². The number of hydrogen-bond acceptors (Lipinski definition) is 4. The molecule has 2 aliphatic heterocycles. The molecule has 2 aromatic rings. The second-order valence-corrected chi connectivity index (χ2v) is 9.21. The van der Waals surface area contributed by atoms with Crippen LogP contribution in [0.1, 0.15) is 67.1 Å². The molecular formula is C26H32N2O3. The number of pyridine rings is 1. The van der Waals surface area contributed by atoms with Gasteiger partial charge in [0.15, 0.2) is 0 Å². The van der Waals surface area contributed by atoms with E-state index in [-0.39, 0.29) is 12.0 Å². The number of para-hydroxylation sites is 1. The number of carbonyl (C=O) groups excluding carboxylic acids is 1. The van der Waals surface area contributed by atoms with Crippen LogP contribution in [0.2, 0.25) is 0 Å². The maximum absolute atomic E-state index is 13.2. The predicted molar refractivity (Wildman–Crippen MR) is 119 cm³/mol. The summed E-state index contributed by atoms with van der Waals surface area (Å²) in [7, 11) is 0. The summed E-state index contributed by atoms with van der Waals surface area (Å²) in [4.78, 5) is 20.3. The van der Waals surface area contributed by atoms with Crippen molar-refractivity contribution >= 4 is 5.91 Å². The van der Waals surface area contributed by atoms with E-state index in [4.69, 9.17) is 14.5 Å². The van der Waals surface area contributed by atoms with Crippen LogP contribution in [0.15, 0.2) is 30.3 Å². The van der Waals surface area contributed by atoms with Gasteiger partial charge in [-0.25, -0.2) is 0 Å². The third kappa shape index (κ3) is 4.33. The van der Waals surface area contributed by atoms with E-state index in [1.807, 2.05) is 30.3 Å². The number of nitrogens with zero attached hydrogens (tertiary/aromatic N) is 2. The Labute approximate surface area is 184 Å². The molecule has 3 aliphatic rings. The summed E-state index contributed by atoms with van der Waals surface area (Å²) in [6.45, 7) is 4.63. The van der Waals surface area contributed by atoms with Crippen LogP contribution < -0.4 is 4.74 Å². The van der Waals surface area contributed by atoms with Gasteiger partial charge in [-0.2, -0.15) is 0 Å². The lowest BCUT2D eigenvalue weighted by atomic mass is 9.86. The van der Waals surface area contributed by atoms with E-state index in [2.05, 4.69) is 11.8 Å². The van der Waals surface area contributed by atoms with Crippen LogP contribution in [0.4, 0.5) is 0 Å². The summed E-state index contributed by atoms with van der Waals surface area (Å²) in [5.74, 6) is 1.43. The van der Waals surface area contributed by atoms with E-state index < -0.39 is 0 Å². The Morgan fingerprint density at radius 1 is 1.13 bits per heavy atom. The largest absolute Gasteiger partial charge is 0.487 e. The van der Waals surface area contributed by atoms with Crippen molar-refractivity contribution in [3.8, 4) is 5.75 Å². The van der Waals surface area contributed by atoms with E-state index in [0.29, 0.717) is 25.7 Å². The van der Waals surface area contributed by atoms with Crippen molar-refractivity contribution in [1.82, 2.24) is 9.88 Å². The van der Waals surface area contributed by atoms with Crippen LogP contribution in [0.3, 0.4) is 0 Å². The van der Waals surface area contributed by atoms with Gasteiger partial charge in [-0.05, 0) is 48.6 Å². The minimum absolute atomic E-state index is 0.173. The van der Waals surface area contributed by atoms with Gasteiger partial charge in [0, 0.05) is 37.5 Å². The number of benzene rings is 1. The summed E-state index contributed by atoms with van der Waals surface area (Å²) < 4.78 is 12.1. The Balaban J connectivity index is 1.40. The first-order chi connectivity index (χ1) is 15.2. The van der Waals surface area contributed by atoms with Crippen LogP contribution in [0.25, 0.3) is 0 Å². The molecule has 164 valence electrons. The fourth-order valence-corrected chi connectivity index (χ4v) is 5.30. The molecule has 1 fully saturated rings. The Kier molecular flexibility index (Phi) is 5.95. The molecule has 0 unspecified atom stereocenters. The highest BCUT2D eigenvalue weighted by Crippen LogP contribution is 2.33. The van der Waals surface area contributed by atoms with Gasteiger partial charge in [0.1, 0.15) is 12.4 Å². The molecule has 5 heteroatoms. The molecule has 3 heterocycles. The highest BCUT2D eigenvalue weighted by Gasteiger charge is 2.32. The first-order valence-corrected chi connectivity index (χ1v) is 11.8. The molecule has 0 bridgehead atoms. The topological polar surface area (TPSA) is 51.7 Å². The van der Waals surface area contributed by atoms with Crippen LogP contribution in [-0.4, -0.2) is 28.4 Å². The molecule has 0 radical (unpaired) electrons. The smallest absolute Gasteiger partial charge is 0.225 e. The molecule has 0 saturated heterocycles. The number of aromatic nitrogens is 1. The van der Waals surface area contributed by atoms with Crippen molar-refractivity contribution < 1.29 is 14.3 Å². The number of carbonyl (C=O) groups is 1. The summed E-state index contributed by atoms with van der Waals surface area (Å²) in [6.07, 6.45) is 7.58. The fraction of sp³-hybridized carbons (Fsp3) is 0.538. The molecule has 1 aromatic carbocycles. The SMILES string of the molecule is C[C@H]1Cc2c(COc3ccccc3)nc3c(c2CO1)CN(C(=O)C1CCCCC1)CC3. The maximum atomic E-state index is 13.2. The summed E-state index contributed by atoms with van der Waals surface area (Å²) in [6, 6.07) is 9.92. The monoisotopic (exact) mass is 420 g/mol. The third-order valence-corrected chi connectivity index (χ3v) is 7.05. The Bertz CT molecular complexity index is 937.